The average molecular weight is 282 g/mol. The highest BCUT2D eigenvalue weighted by atomic mass is 16.2. The molecule has 3 nitrogen and oxygen atoms in total. The average Bonchev–Trinajstić information content (AvgIpc) is 2.94. The first-order valence-corrected chi connectivity index (χ1v) is 8.75. The van der Waals surface area contributed by atoms with Gasteiger partial charge in [-0.05, 0) is 25.3 Å². The second-order valence-corrected chi connectivity index (χ2v) is 6.31. The van der Waals surface area contributed by atoms with Gasteiger partial charge in [0.15, 0.2) is 0 Å². The zero-order valence-electron chi connectivity index (χ0n) is 13.4. The quantitative estimate of drug-likeness (QED) is 0.587. The van der Waals surface area contributed by atoms with Gasteiger partial charge in [-0.1, -0.05) is 58.3 Å². The van der Waals surface area contributed by atoms with Gasteiger partial charge in [-0.25, -0.2) is 0 Å². The SMILES string of the molecule is CCCCCCCCCCCC(=O)N1CCC(CN)C1. The molecular weight excluding hydrogens is 248 g/mol. The molecule has 1 rings (SSSR count). The highest BCUT2D eigenvalue weighted by Crippen LogP contribution is 2.17. The summed E-state index contributed by atoms with van der Waals surface area (Å²) < 4.78 is 0. The van der Waals surface area contributed by atoms with Gasteiger partial charge in [0.25, 0.3) is 0 Å². The molecule has 0 aromatic carbocycles. The maximum atomic E-state index is 12.0. The van der Waals surface area contributed by atoms with Gasteiger partial charge in [0, 0.05) is 19.5 Å². The van der Waals surface area contributed by atoms with Crippen molar-refractivity contribution in [2.24, 2.45) is 11.7 Å². The van der Waals surface area contributed by atoms with Crippen molar-refractivity contribution in [2.45, 2.75) is 77.6 Å². The van der Waals surface area contributed by atoms with Crippen molar-refractivity contribution in [3.8, 4) is 0 Å². The Morgan fingerprint density at radius 3 is 2.20 bits per heavy atom. The van der Waals surface area contributed by atoms with Crippen molar-refractivity contribution in [2.75, 3.05) is 19.6 Å². The molecule has 1 atom stereocenters. The minimum Gasteiger partial charge on any atom is -0.342 e. The van der Waals surface area contributed by atoms with E-state index in [0.29, 0.717) is 11.8 Å². The molecule has 1 fully saturated rings. The summed E-state index contributed by atoms with van der Waals surface area (Å²) in [6.45, 7) is 4.81. The number of amides is 1. The van der Waals surface area contributed by atoms with Crippen LogP contribution >= 0.6 is 0 Å². The molecule has 3 heteroatoms. The lowest BCUT2D eigenvalue weighted by Crippen LogP contribution is -2.29. The largest absolute Gasteiger partial charge is 0.342 e. The van der Waals surface area contributed by atoms with Gasteiger partial charge in [0.1, 0.15) is 0 Å². The number of rotatable bonds is 11. The van der Waals surface area contributed by atoms with Gasteiger partial charge in [-0.3, -0.25) is 4.79 Å². The van der Waals surface area contributed by atoms with Crippen LogP contribution in [0, 0.1) is 5.92 Å². The van der Waals surface area contributed by atoms with E-state index in [1.165, 1.54) is 51.4 Å². The van der Waals surface area contributed by atoms with Crippen LogP contribution in [0.15, 0.2) is 0 Å². The Hall–Kier alpha value is -0.570. The second-order valence-electron chi connectivity index (χ2n) is 6.31. The Balaban J connectivity index is 1.90. The molecule has 20 heavy (non-hydrogen) atoms. The third-order valence-corrected chi connectivity index (χ3v) is 4.47. The zero-order valence-corrected chi connectivity index (χ0v) is 13.4. The Kier molecular flexibility index (Phi) is 9.73. The number of carbonyl (C=O) groups excluding carboxylic acids is 1. The van der Waals surface area contributed by atoms with E-state index < -0.39 is 0 Å². The van der Waals surface area contributed by atoms with Gasteiger partial charge in [0.2, 0.25) is 5.91 Å². The van der Waals surface area contributed by atoms with Crippen molar-refractivity contribution in [1.29, 1.82) is 0 Å². The number of hydrogen-bond donors (Lipinski definition) is 1. The molecule has 1 saturated heterocycles. The van der Waals surface area contributed by atoms with Crippen LogP contribution in [0.1, 0.15) is 77.6 Å². The first kappa shape index (κ1) is 17.5. The molecule has 1 aliphatic rings. The maximum Gasteiger partial charge on any atom is 0.222 e. The summed E-state index contributed by atoms with van der Waals surface area (Å²) in [7, 11) is 0. The van der Waals surface area contributed by atoms with Crippen LogP contribution in [-0.4, -0.2) is 30.4 Å². The van der Waals surface area contributed by atoms with E-state index in [-0.39, 0.29) is 0 Å². The van der Waals surface area contributed by atoms with Crippen LogP contribution in [0.5, 0.6) is 0 Å². The smallest absolute Gasteiger partial charge is 0.222 e. The summed E-state index contributed by atoms with van der Waals surface area (Å²) >= 11 is 0. The second kappa shape index (κ2) is 11.1. The van der Waals surface area contributed by atoms with E-state index in [0.717, 1.165) is 38.9 Å². The fourth-order valence-corrected chi connectivity index (χ4v) is 3.00. The number of likely N-dealkylation sites (tertiary alicyclic amines) is 1. The first-order valence-electron chi connectivity index (χ1n) is 8.75. The lowest BCUT2D eigenvalue weighted by molar-refractivity contribution is -0.130. The lowest BCUT2D eigenvalue weighted by atomic mass is 10.1. The zero-order chi connectivity index (χ0) is 14.6. The summed E-state index contributed by atoms with van der Waals surface area (Å²) in [5.41, 5.74) is 5.66. The van der Waals surface area contributed by atoms with Crippen molar-refractivity contribution in [3.05, 3.63) is 0 Å². The Morgan fingerprint density at radius 1 is 1.05 bits per heavy atom. The Labute approximate surface area is 125 Å². The maximum absolute atomic E-state index is 12.0. The molecule has 1 aliphatic heterocycles. The molecule has 0 bridgehead atoms. The van der Waals surface area contributed by atoms with Gasteiger partial charge in [-0.2, -0.15) is 0 Å². The molecule has 0 aromatic heterocycles. The minimum atomic E-state index is 0.351. The fourth-order valence-electron chi connectivity index (χ4n) is 3.00. The van der Waals surface area contributed by atoms with Gasteiger partial charge < -0.3 is 10.6 Å². The van der Waals surface area contributed by atoms with Crippen molar-refractivity contribution >= 4 is 5.91 Å². The number of hydrogen-bond acceptors (Lipinski definition) is 2. The summed E-state index contributed by atoms with van der Waals surface area (Å²) in [6.07, 6.45) is 13.6. The van der Waals surface area contributed by atoms with E-state index in [9.17, 15) is 4.79 Å². The molecule has 0 spiro atoms. The fraction of sp³-hybridized carbons (Fsp3) is 0.941. The predicted octanol–water partition coefficient (Wildman–Crippen LogP) is 3.71. The number of carbonyl (C=O) groups is 1. The molecule has 1 amide bonds. The number of unbranched alkanes of at least 4 members (excludes halogenated alkanes) is 8. The normalized spacial score (nSPS) is 18.7. The molecule has 0 aromatic rings. The monoisotopic (exact) mass is 282 g/mol. The predicted molar refractivity (Wildman–Crippen MR) is 85.6 cm³/mol. The van der Waals surface area contributed by atoms with Crippen LogP contribution in [0.4, 0.5) is 0 Å². The Morgan fingerprint density at radius 2 is 1.65 bits per heavy atom. The van der Waals surface area contributed by atoms with Gasteiger partial charge in [-0.15, -0.1) is 0 Å². The van der Waals surface area contributed by atoms with Crippen LogP contribution in [-0.2, 0) is 4.79 Å². The van der Waals surface area contributed by atoms with E-state index in [4.69, 9.17) is 5.73 Å². The molecule has 1 unspecified atom stereocenters. The minimum absolute atomic E-state index is 0.351. The lowest BCUT2D eigenvalue weighted by Gasteiger charge is -2.16. The Bertz CT molecular complexity index is 255. The van der Waals surface area contributed by atoms with E-state index in [1.807, 2.05) is 4.90 Å². The summed E-state index contributed by atoms with van der Waals surface area (Å²) in [5, 5.41) is 0. The van der Waals surface area contributed by atoms with Crippen LogP contribution < -0.4 is 5.73 Å². The van der Waals surface area contributed by atoms with E-state index in [1.54, 1.807) is 0 Å². The molecular formula is C17H34N2O. The van der Waals surface area contributed by atoms with Gasteiger partial charge in [0.05, 0.1) is 0 Å². The molecule has 118 valence electrons. The highest BCUT2D eigenvalue weighted by molar-refractivity contribution is 5.76. The van der Waals surface area contributed by atoms with Crippen molar-refractivity contribution < 1.29 is 4.79 Å². The standard InChI is InChI=1S/C17H34N2O/c1-2-3-4-5-6-7-8-9-10-11-17(20)19-13-12-16(14-18)15-19/h16H,2-15,18H2,1H3. The molecule has 0 radical (unpaired) electrons. The molecule has 0 saturated carbocycles. The number of nitrogens with zero attached hydrogens (tertiary/aromatic N) is 1. The summed E-state index contributed by atoms with van der Waals surface area (Å²) in [5.74, 6) is 0.894. The third kappa shape index (κ3) is 7.28. The molecule has 1 heterocycles. The van der Waals surface area contributed by atoms with Crippen molar-refractivity contribution in [3.63, 3.8) is 0 Å². The van der Waals surface area contributed by atoms with E-state index >= 15 is 0 Å². The highest BCUT2D eigenvalue weighted by Gasteiger charge is 2.24. The third-order valence-electron chi connectivity index (χ3n) is 4.47. The van der Waals surface area contributed by atoms with Crippen molar-refractivity contribution in [1.82, 2.24) is 4.90 Å². The van der Waals surface area contributed by atoms with Crippen LogP contribution in [0.25, 0.3) is 0 Å². The molecule has 2 N–H and O–H groups in total. The summed E-state index contributed by atoms with van der Waals surface area (Å²) in [6, 6.07) is 0. The van der Waals surface area contributed by atoms with E-state index in [2.05, 4.69) is 6.92 Å². The van der Waals surface area contributed by atoms with Crippen LogP contribution in [0.3, 0.4) is 0 Å². The van der Waals surface area contributed by atoms with Crippen LogP contribution in [0.2, 0.25) is 0 Å². The summed E-state index contributed by atoms with van der Waals surface area (Å²) in [4.78, 5) is 14.0. The number of nitrogens with two attached hydrogens (primary N) is 1. The van der Waals surface area contributed by atoms with Gasteiger partial charge >= 0.3 is 0 Å². The topological polar surface area (TPSA) is 46.3 Å². The first-order chi connectivity index (χ1) is 9.77. The molecule has 0 aliphatic carbocycles.